The molecule has 0 saturated carbocycles. The van der Waals surface area contributed by atoms with Crippen molar-refractivity contribution in [3.05, 3.63) is 0 Å². The Morgan fingerprint density at radius 1 is 1.67 bits per heavy atom. The molecule has 0 aromatic heterocycles. The fourth-order valence-corrected chi connectivity index (χ4v) is 3.13. The lowest BCUT2D eigenvalue weighted by molar-refractivity contribution is 0.320. The third-order valence-corrected chi connectivity index (χ3v) is 3.77. The number of rotatable bonds is 2. The van der Waals surface area contributed by atoms with E-state index in [1.54, 1.807) is 0 Å². The zero-order valence-electron chi connectivity index (χ0n) is 6.46. The van der Waals surface area contributed by atoms with E-state index in [0.717, 1.165) is 0 Å². The molecule has 1 rings (SSSR count). The number of alkyl halides is 1. The second-order valence-corrected chi connectivity index (χ2v) is 5.25. The molecule has 0 aromatic carbocycles. The molecule has 0 aromatic rings. The Balaban J connectivity index is 2.64. The molecule has 0 aliphatic carbocycles. The quantitative estimate of drug-likeness (QED) is 0.467. The molecular weight excluding hydrogens is 183 g/mol. The van der Waals surface area contributed by atoms with Crippen molar-refractivity contribution in [2.45, 2.75) is 12.6 Å². The third-order valence-electron chi connectivity index (χ3n) is 1.98. The zero-order valence-corrected chi connectivity index (χ0v) is 7.27. The molecule has 12 heavy (non-hydrogen) atoms. The molecule has 1 saturated heterocycles. The monoisotopic (exact) mass is 194 g/mol. The van der Waals surface area contributed by atoms with E-state index in [0.29, 0.717) is 0 Å². The van der Waals surface area contributed by atoms with E-state index in [2.05, 4.69) is 0 Å². The summed E-state index contributed by atoms with van der Waals surface area (Å²) in [4.78, 5) is 0. The van der Waals surface area contributed by atoms with Gasteiger partial charge in [0.1, 0.15) is 5.84 Å². The molecular formula is C6H11FN2O2S. The predicted octanol–water partition coefficient (Wildman–Crippen LogP) is -0.305. The van der Waals surface area contributed by atoms with Gasteiger partial charge in [0.15, 0.2) is 16.0 Å². The Hall–Kier alpha value is -0.650. The number of sulfone groups is 1. The molecule has 2 unspecified atom stereocenters. The van der Waals surface area contributed by atoms with Gasteiger partial charge in [-0.1, -0.05) is 0 Å². The number of halogens is 1. The maximum absolute atomic E-state index is 13.0. The highest BCUT2D eigenvalue weighted by molar-refractivity contribution is 7.91. The van der Waals surface area contributed by atoms with Gasteiger partial charge in [0, 0.05) is 5.92 Å². The molecule has 0 bridgehead atoms. The fourth-order valence-electron chi connectivity index (χ4n) is 1.31. The molecule has 0 amide bonds. The lowest BCUT2D eigenvalue weighted by Crippen LogP contribution is -2.31. The topological polar surface area (TPSA) is 84.0 Å². The molecule has 1 fully saturated rings. The standard InChI is InChI=1S/C6H11FN2O2S/c7-5(6(8)9)4-1-2-12(10,11)3-4/h4-5H,1-3H2,(H3,8,9). The summed E-state index contributed by atoms with van der Waals surface area (Å²) in [7, 11) is -3.07. The van der Waals surface area contributed by atoms with Crippen LogP contribution in [0.1, 0.15) is 6.42 Å². The van der Waals surface area contributed by atoms with Gasteiger partial charge in [0.25, 0.3) is 0 Å². The van der Waals surface area contributed by atoms with E-state index in [1.807, 2.05) is 0 Å². The van der Waals surface area contributed by atoms with Crippen LogP contribution in [0, 0.1) is 11.3 Å². The van der Waals surface area contributed by atoms with E-state index in [-0.39, 0.29) is 17.9 Å². The van der Waals surface area contributed by atoms with Crippen LogP contribution in [0.2, 0.25) is 0 Å². The lowest BCUT2D eigenvalue weighted by Gasteiger charge is -2.11. The third kappa shape index (κ3) is 1.94. The van der Waals surface area contributed by atoms with Crippen LogP contribution in [0.4, 0.5) is 4.39 Å². The molecule has 0 radical (unpaired) electrons. The van der Waals surface area contributed by atoms with Crippen LogP contribution in [0.25, 0.3) is 0 Å². The maximum Gasteiger partial charge on any atom is 0.160 e. The van der Waals surface area contributed by atoms with Crippen molar-refractivity contribution in [2.24, 2.45) is 11.7 Å². The summed E-state index contributed by atoms with van der Waals surface area (Å²) in [6.45, 7) is 0. The first kappa shape index (κ1) is 9.44. The van der Waals surface area contributed by atoms with Gasteiger partial charge in [-0.2, -0.15) is 0 Å². The van der Waals surface area contributed by atoms with E-state index in [1.165, 1.54) is 0 Å². The molecule has 70 valence electrons. The first-order valence-electron chi connectivity index (χ1n) is 3.61. The second kappa shape index (κ2) is 3.01. The molecule has 2 atom stereocenters. The first-order valence-corrected chi connectivity index (χ1v) is 5.43. The van der Waals surface area contributed by atoms with Crippen LogP contribution in [0.5, 0.6) is 0 Å². The summed E-state index contributed by atoms with van der Waals surface area (Å²) < 4.78 is 34.7. The molecule has 1 aliphatic heterocycles. The van der Waals surface area contributed by atoms with E-state index in [4.69, 9.17) is 11.1 Å². The zero-order chi connectivity index (χ0) is 9.35. The van der Waals surface area contributed by atoms with Crippen LogP contribution in [0.15, 0.2) is 0 Å². The summed E-state index contributed by atoms with van der Waals surface area (Å²) in [5.74, 6) is -1.33. The number of hydrogen-bond donors (Lipinski definition) is 2. The largest absolute Gasteiger partial charge is 0.385 e. The van der Waals surface area contributed by atoms with E-state index < -0.39 is 27.8 Å². The van der Waals surface area contributed by atoms with Crippen LogP contribution >= 0.6 is 0 Å². The summed E-state index contributed by atoms with van der Waals surface area (Å²) in [6, 6.07) is 0. The van der Waals surface area contributed by atoms with Crippen molar-refractivity contribution in [3.8, 4) is 0 Å². The average Bonchev–Trinajstić information content (AvgIpc) is 2.28. The smallest absolute Gasteiger partial charge is 0.160 e. The SMILES string of the molecule is N=C(N)C(F)C1CCS(=O)(=O)C1. The Bertz CT molecular complexity index is 288. The van der Waals surface area contributed by atoms with Crippen molar-refractivity contribution in [1.82, 2.24) is 0 Å². The minimum atomic E-state index is -3.07. The van der Waals surface area contributed by atoms with Gasteiger partial charge >= 0.3 is 0 Å². The van der Waals surface area contributed by atoms with Crippen molar-refractivity contribution >= 4 is 15.7 Å². The summed E-state index contributed by atoms with van der Waals surface area (Å²) >= 11 is 0. The Labute approximate surface area is 70.4 Å². The highest BCUT2D eigenvalue weighted by Crippen LogP contribution is 2.23. The van der Waals surface area contributed by atoms with Crippen molar-refractivity contribution in [1.29, 1.82) is 5.41 Å². The van der Waals surface area contributed by atoms with Gasteiger partial charge in [-0.3, -0.25) is 5.41 Å². The van der Waals surface area contributed by atoms with Crippen molar-refractivity contribution in [3.63, 3.8) is 0 Å². The van der Waals surface area contributed by atoms with Crippen molar-refractivity contribution < 1.29 is 12.8 Å². The second-order valence-electron chi connectivity index (χ2n) is 3.02. The molecule has 1 heterocycles. The molecule has 1 aliphatic rings. The molecule has 3 N–H and O–H groups in total. The van der Waals surface area contributed by atoms with Gasteiger partial charge in [-0.25, -0.2) is 12.8 Å². The average molecular weight is 194 g/mol. The van der Waals surface area contributed by atoms with Crippen LogP contribution in [-0.2, 0) is 9.84 Å². The highest BCUT2D eigenvalue weighted by atomic mass is 32.2. The first-order chi connectivity index (χ1) is 5.42. The molecule has 0 spiro atoms. The van der Waals surface area contributed by atoms with Gasteiger partial charge in [0.05, 0.1) is 11.5 Å². The lowest BCUT2D eigenvalue weighted by atomic mass is 10.0. The number of nitrogens with one attached hydrogen (secondary N) is 1. The fraction of sp³-hybridized carbons (Fsp3) is 0.833. The summed E-state index contributed by atoms with van der Waals surface area (Å²) in [5.41, 5.74) is 4.92. The van der Waals surface area contributed by atoms with Gasteiger partial charge < -0.3 is 5.73 Å². The van der Waals surface area contributed by atoms with Crippen molar-refractivity contribution in [2.75, 3.05) is 11.5 Å². The van der Waals surface area contributed by atoms with E-state index >= 15 is 0 Å². The van der Waals surface area contributed by atoms with Gasteiger partial charge in [-0.15, -0.1) is 0 Å². The maximum atomic E-state index is 13.0. The van der Waals surface area contributed by atoms with Crippen LogP contribution in [-0.4, -0.2) is 31.9 Å². The Morgan fingerprint density at radius 3 is 2.58 bits per heavy atom. The number of hydrogen-bond acceptors (Lipinski definition) is 3. The van der Waals surface area contributed by atoms with Gasteiger partial charge in [-0.05, 0) is 6.42 Å². The van der Waals surface area contributed by atoms with Gasteiger partial charge in [0.2, 0.25) is 0 Å². The number of amidine groups is 1. The highest BCUT2D eigenvalue weighted by Gasteiger charge is 2.35. The van der Waals surface area contributed by atoms with Crippen LogP contribution < -0.4 is 5.73 Å². The molecule has 6 heteroatoms. The number of nitrogens with two attached hydrogens (primary N) is 1. The van der Waals surface area contributed by atoms with Crippen LogP contribution in [0.3, 0.4) is 0 Å². The summed E-state index contributed by atoms with van der Waals surface area (Å²) in [5, 5.41) is 6.80. The Morgan fingerprint density at radius 2 is 2.25 bits per heavy atom. The minimum Gasteiger partial charge on any atom is -0.385 e. The Kier molecular flexibility index (Phi) is 2.36. The minimum absolute atomic E-state index is 0.0192. The summed E-state index contributed by atoms with van der Waals surface area (Å²) in [6.07, 6.45) is -1.31. The molecule has 4 nitrogen and oxygen atoms in total. The predicted molar refractivity (Wildman–Crippen MR) is 43.6 cm³/mol. The normalized spacial score (nSPS) is 29.9. The van der Waals surface area contributed by atoms with E-state index in [9.17, 15) is 12.8 Å².